The van der Waals surface area contributed by atoms with Crippen LogP contribution in [0.5, 0.6) is 0 Å². The van der Waals surface area contributed by atoms with Gasteiger partial charge in [-0.1, -0.05) is 0 Å². The van der Waals surface area contributed by atoms with E-state index in [2.05, 4.69) is 26.6 Å². The normalized spacial score (nSPS) is 12.6. The maximum Gasteiger partial charge on any atom is 0.0794 e. The highest BCUT2D eigenvalue weighted by atomic mass is 32.1. The predicted octanol–water partition coefficient (Wildman–Crippen LogP) is 2.05. The summed E-state index contributed by atoms with van der Waals surface area (Å²) in [7, 11) is 1.97. The Balaban J connectivity index is 2.25. The standard InChI is InChI=1S/C12H16N4S/c1-8-4-11(9(2)16-15-8)12(13-3)5-10-6-14-7-17-10/h4,6-7,12-13H,5H2,1-3H3. The zero-order chi connectivity index (χ0) is 12.3. The Kier molecular flexibility index (Phi) is 3.81. The molecule has 1 unspecified atom stereocenters. The van der Waals surface area contributed by atoms with Crippen LogP contribution in [0.2, 0.25) is 0 Å². The first kappa shape index (κ1) is 12.1. The highest BCUT2D eigenvalue weighted by molar-refractivity contribution is 7.09. The number of hydrogen-bond donors (Lipinski definition) is 1. The molecule has 0 aliphatic heterocycles. The van der Waals surface area contributed by atoms with Gasteiger partial charge >= 0.3 is 0 Å². The third-order valence-electron chi connectivity index (χ3n) is 2.75. The molecule has 0 aliphatic carbocycles. The molecule has 0 bridgehead atoms. The number of hydrogen-bond acceptors (Lipinski definition) is 5. The van der Waals surface area contributed by atoms with E-state index in [0.717, 1.165) is 17.8 Å². The smallest absolute Gasteiger partial charge is 0.0794 e. The van der Waals surface area contributed by atoms with E-state index in [1.165, 1.54) is 10.4 Å². The molecule has 0 saturated carbocycles. The SMILES string of the molecule is CNC(Cc1cncs1)c1cc(C)nnc1C. The molecule has 90 valence electrons. The molecular weight excluding hydrogens is 232 g/mol. The molecule has 1 N–H and O–H groups in total. The van der Waals surface area contributed by atoms with Crippen LogP contribution >= 0.6 is 11.3 Å². The maximum absolute atomic E-state index is 4.17. The first-order valence-corrected chi connectivity index (χ1v) is 6.44. The summed E-state index contributed by atoms with van der Waals surface area (Å²) in [5.41, 5.74) is 5.02. The lowest BCUT2D eigenvalue weighted by molar-refractivity contribution is 0.586. The fourth-order valence-corrected chi connectivity index (χ4v) is 2.48. The van der Waals surface area contributed by atoms with Crippen molar-refractivity contribution >= 4 is 11.3 Å². The van der Waals surface area contributed by atoms with Crippen molar-refractivity contribution in [2.45, 2.75) is 26.3 Å². The predicted molar refractivity (Wildman–Crippen MR) is 69.1 cm³/mol. The molecule has 0 fully saturated rings. The summed E-state index contributed by atoms with van der Waals surface area (Å²) >= 11 is 1.68. The van der Waals surface area contributed by atoms with E-state index < -0.39 is 0 Å². The minimum Gasteiger partial charge on any atom is -0.313 e. The molecule has 2 heterocycles. The molecule has 4 nitrogen and oxygen atoms in total. The minimum absolute atomic E-state index is 0.268. The lowest BCUT2D eigenvalue weighted by atomic mass is 10.0. The number of rotatable bonds is 4. The van der Waals surface area contributed by atoms with Gasteiger partial charge in [0.25, 0.3) is 0 Å². The molecule has 0 saturated heterocycles. The number of thiazole rings is 1. The average Bonchev–Trinajstić information content (AvgIpc) is 2.82. The van der Waals surface area contributed by atoms with Crippen LogP contribution in [-0.4, -0.2) is 22.2 Å². The van der Waals surface area contributed by atoms with Crippen LogP contribution in [0.15, 0.2) is 17.8 Å². The maximum atomic E-state index is 4.17. The highest BCUT2D eigenvalue weighted by Crippen LogP contribution is 2.22. The molecular formula is C12H16N4S. The van der Waals surface area contributed by atoms with E-state index >= 15 is 0 Å². The topological polar surface area (TPSA) is 50.7 Å². The number of nitrogens with one attached hydrogen (secondary N) is 1. The van der Waals surface area contributed by atoms with Crippen LogP contribution in [0.25, 0.3) is 0 Å². The summed E-state index contributed by atoms with van der Waals surface area (Å²) in [6, 6.07) is 2.37. The molecule has 0 radical (unpaired) electrons. The van der Waals surface area contributed by atoms with Crippen molar-refractivity contribution < 1.29 is 0 Å². The quantitative estimate of drug-likeness (QED) is 0.899. The molecule has 17 heavy (non-hydrogen) atoms. The van der Waals surface area contributed by atoms with E-state index in [9.17, 15) is 0 Å². The van der Waals surface area contributed by atoms with Crippen LogP contribution in [0.4, 0.5) is 0 Å². The van der Waals surface area contributed by atoms with Gasteiger partial charge in [0.05, 0.1) is 16.9 Å². The molecule has 1 atom stereocenters. The van der Waals surface area contributed by atoms with Crippen LogP contribution in [0.3, 0.4) is 0 Å². The van der Waals surface area contributed by atoms with Crippen LogP contribution in [0, 0.1) is 13.8 Å². The van der Waals surface area contributed by atoms with E-state index in [1.807, 2.05) is 32.6 Å². The molecule has 0 aliphatic rings. The number of likely N-dealkylation sites (N-methyl/N-ethyl adjacent to an activating group) is 1. The molecule has 0 spiro atoms. The second-order valence-corrected chi connectivity index (χ2v) is 5.01. The first-order chi connectivity index (χ1) is 8.20. The van der Waals surface area contributed by atoms with Crippen molar-refractivity contribution in [3.63, 3.8) is 0 Å². The van der Waals surface area contributed by atoms with Crippen molar-refractivity contribution in [3.8, 4) is 0 Å². The van der Waals surface area contributed by atoms with Crippen molar-refractivity contribution in [1.29, 1.82) is 0 Å². The Labute approximate surface area is 105 Å². The monoisotopic (exact) mass is 248 g/mol. The second kappa shape index (κ2) is 5.33. The van der Waals surface area contributed by atoms with Gasteiger partial charge in [0, 0.05) is 23.5 Å². The highest BCUT2D eigenvalue weighted by Gasteiger charge is 2.14. The van der Waals surface area contributed by atoms with E-state index in [0.29, 0.717) is 0 Å². The lowest BCUT2D eigenvalue weighted by Crippen LogP contribution is -2.20. The van der Waals surface area contributed by atoms with Crippen molar-refractivity contribution in [1.82, 2.24) is 20.5 Å². The summed E-state index contributed by atoms with van der Waals surface area (Å²) in [4.78, 5) is 5.38. The van der Waals surface area contributed by atoms with Gasteiger partial charge in [-0.15, -0.1) is 11.3 Å². The van der Waals surface area contributed by atoms with Crippen molar-refractivity contribution in [2.24, 2.45) is 0 Å². The van der Waals surface area contributed by atoms with E-state index in [4.69, 9.17) is 0 Å². The molecule has 2 aromatic heterocycles. The van der Waals surface area contributed by atoms with Gasteiger partial charge in [0.1, 0.15) is 0 Å². The summed E-state index contributed by atoms with van der Waals surface area (Å²) in [5.74, 6) is 0. The number of aromatic nitrogens is 3. The fraction of sp³-hybridized carbons (Fsp3) is 0.417. The Morgan fingerprint density at radius 2 is 2.18 bits per heavy atom. The summed E-state index contributed by atoms with van der Waals surface area (Å²) < 4.78 is 0. The second-order valence-electron chi connectivity index (χ2n) is 4.04. The van der Waals surface area contributed by atoms with Gasteiger partial charge in [-0.2, -0.15) is 10.2 Å². The largest absolute Gasteiger partial charge is 0.313 e. The van der Waals surface area contributed by atoms with Gasteiger partial charge in [0.15, 0.2) is 0 Å². The van der Waals surface area contributed by atoms with Crippen LogP contribution in [-0.2, 0) is 6.42 Å². The molecule has 2 aromatic rings. The van der Waals surface area contributed by atoms with Crippen molar-refractivity contribution in [3.05, 3.63) is 39.6 Å². The zero-order valence-corrected chi connectivity index (χ0v) is 11.1. The summed E-state index contributed by atoms with van der Waals surface area (Å²) in [6.45, 7) is 3.97. The van der Waals surface area contributed by atoms with Gasteiger partial charge in [-0.05, 0) is 32.5 Å². The molecule has 0 amide bonds. The van der Waals surface area contributed by atoms with Gasteiger partial charge in [-0.3, -0.25) is 4.98 Å². The van der Waals surface area contributed by atoms with E-state index in [1.54, 1.807) is 11.3 Å². The Hall–Kier alpha value is -1.33. The average molecular weight is 248 g/mol. The third-order valence-corrected chi connectivity index (χ3v) is 3.55. The van der Waals surface area contributed by atoms with Crippen LogP contribution < -0.4 is 5.32 Å². The summed E-state index contributed by atoms with van der Waals surface area (Å²) in [5, 5.41) is 11.6. The molecule has 0 aromatic carbocycles. The lowest BCUT2D eigenvalue weighted by Gasteiger charge is -2.17. The molecule has 2 rings (SSSR count). The zero-order valence-electron chi connectivity index (χ0n) is 10.3. The van der Waals surface area contributed by atoms with Crippen LogP contribution in [0.1, 0.15) is 27.9 Å². The van der Waals surface area contributed by atoms with E-state index in [-0.39, 0.29) is 6.04 Å². The van der Waals surface area contributed by atoms with Gasteiger partial charge < -0.3 is 5.32 Å². The fourth-order valence-electron chi connectivity index (χ4n) is 1.83. The van der Waals surface area contributed by atoms with Crippen molar-refractivity contribution in [2.75, 3.05) is 7.05 Å². The number of aryl methyl sites for hydroxylation is 2. The van der Waals surface area contributed by atoms with Gasteiger partial charge in [-0.25, -0.2) is 0 Å². The summed E-state index contributed by atoms with van der Waals surface area (Å²) in [6.07, 6.45) is 2.86. The van der Waals surface area contributed by atoms with Gasteiger partial charge in [0.2, 0.25) is 0 Å². The molecule has 5 heteroatoms. The Morgan fingerprint density at radius 1 is 1.35 bits per heavy atom. The Bertz CT molecular complexity index is 481. The number of nitrogens with zero attached hydrogens (tertiary/aromatic N) is 3. The Morgan fingerprint density at radius 3 is 2.82 bits per heavy atom. The third kappa shape index (κ3) is 2.87. The minimum atomic E-state index is 0.268. The first-order valence-electron chi connectivity index (χ1n) is 5.56.